The van der Waals surface area contributed by atoms with E-state index in [-0.39, 0.29) is 19.4 Å². The summed E-state index contributed by atoms with van der Waals surface area (Å²) in [5.41, 5.74) is 0. The number of hydrogen-bond donors (Lipinski definition) is 0. The number of hydrogen-bond acceptors (Lipinski definition) is 4. The van der Waals surface area contributed by atoms with Gasteiger partial charge in [0.05, 0.1) is 13.0 Å². The summed E-state index contributed by atoms with van der Waals surface area (Å²) in [4.78, 5) is 20.6. The van der Waals surface area contributed by atoms with Gasteiger partial charge < -0.3 is 4.74 Å². The fourth-order valence-corrected chi connectivity index (χ4v) is 0.770. The van der Waals surface area contributed by atoms with Crippen molar-refractivity contribution in [2.24, 2.45) is 0 Å². The monoisotopic (exact) mass is 185 g/mol. The first-order valence-corrected chi connectivity index (χ1v) is 3.84. The van der Waals surface area contributed by atoms with Crippen LogP contribution in [0.1, 0.15) is 19.8 Å². The number of rotatable bonds is 5. The van der Waals surface area contributed by atoms with Crippen molar-refractivity contribution in [1.29, 1.82) is 0 Å². The van der Waals surface area contributed by atoms with Crippen molar-refractivity contribution in [3.8, 4) is 12.3 Å². The molecule has 72 valence electrons. The number of ether oxygens (including phenoxy) is 1. The number of esters is 1. The Hall–Kier alpha value is -1.57. The molecule has 13 heavy (non-hydrogen) atoms. The van der Waals surface area contributed by atoms with Crippen LogP contribution in [0.25, 0.3) is 0 Å². The van der Waals surface area contributed by atoms with E-state index in [1.54, 1.807) is 6.92 Å². The van der Waals surface area contributed by atoms with Crippen LogP contribution in [0.4, 0.5) is 0 Å². The number of terminal acetylenes is 1. The minimum Gasteiger partial charge on any atom is -0.466 e. The molecule has 0 spiro atoms. The van der Waals surface area contributed by atoms with Crippen LogP contribution in [0.3, 0.4) is 0 Å². The molecule has 5 heteroatoms. The zero-order valence-corrected chi connectivity index (χ0v) is 7.36. The number of carbonyl (C=O) groups is 1. The van der Waals surface area contributed by atoms with E-state index in [1.165, 1.54) is 0 Å². The van der Waals surface area contributed by atoms with E-state index in [0.29, 0.717) is 0 Å². The third kappa shape index (κ3) is 4.80. The molecule has 0 aliphatic heterocycles. The topological polar surface area (TPSA) is 69.4 Å². The third-order valence-corrected chi connectivity index (χ3v) is 1.36. The van der Waals surface area contributed by atoms with E-state index in [4.69, 9.17) is 6.42 Å². The molecule has 0 rings (SSSR count). The largest absolute Gasteiger partial charge is 0.466 e. The van der Waals surface area contributed by atoms with Gasteiger partial charge in [-0.25, -0.2) is 0 Å². The lowest BCUT2D eigenvalue weighted by molar-refractivity contribution is -0.520. The lowest BCUT2D eigenvalue weighted by Crippen LogP contribution is -2.23. The van der Waals surface area contributed by atoms with Crippen molar-refractivity contribution >= 4 is 5.97 Å². The molecule has 0 bridgehead atoms. The van der Waals surface area contributed by atoms with Gasteiger partial charge in [0, 0.05) is 4.92 Å². The molecule has 0 aliphatic carbocycles. The maximum absolute atomic E-state index is 10.8. The number of nitro groups is 1. The van der Waals surface area contributed by atoms with Gasteiger partial charge in [0.25, 0.3) is 0 Å². The molecule has 0 aromatic carbocycles. The summed E-state index contributed by atoms with van der Waals surface area (Å²) in [6, 6.07) is -1.02. The molecule has 1 atom stereocenters. The Bertz CT molecular complexity index is 231. The first-order chi connectivity index (χ1) is 6.11. The van der Waals surface area contributed by atoms with Crippen molar-refractivity contribution in [3.63, 3.8) is 0 Å². The van der Waals surface area contributed by atoms with Gasteiger partial charge >= 0.3 is 5.97 Å². The average molecular weight is 185 g/mol. The molecule has 5 nitrogen and oxygen atoms in total. The fraction of sp³-hybridized carbons (Fsp3) is 0.625. The molecule has 0 saturated carbocycles. The Balaban J connectivity index is 4.03. The molecule has 0 aromatic rings. The normalized spacial score (nSPS) is 11.4. The number of nitrogens with zero attached hydrogens (tertiary/aromatic N) is 1. The SMILES string of the molecule is C#CCC(CC(=O)OCC)[N+](=O)[O-]. The van der Waals surface area contributed by atoms with Gasteiger partial charge in [-0.05, 0) is 6.92 Å². The Morgan fingerprint density at radius 1 is 1.77 bits per heavy atom. The Morgan fingerprint density at radius 3 is 2.77 bits per heavy atom. The Labute approximate surface area is 76.2 Å². The summed E-state index contributed by atoms with van der Waals surface area (Å²) in [5, 5.41) is 10.3. The van der Waals surface area contributed by atoms with Gasteiger partial charge in [0.2, 0.25) is 6.04 Å². The summed E-state index contributed by atoms with van der Waals surface area (Å²) < 4.78 is 4.56. The van der Waals surface area contributed by atoms with E-state index in [0.717, 1.165) is 0 Å². The highest BCUT2D eigenvalue weighted by molar-refractivity contribution is 5.69. The molecule has 1 unspecified atom stereocenters. The summed E-state index contributed by atoms with van der Waals surface area (Å²) in [5.74, 6) is 1.56. The molecule has 0 radical (unpaired) electrons. The van der Waals surface area contributed by atoms with Crippen molar-refractivity contribution in [3.05, 3.63) is 10.1 Å². The molecule has 0 N–H and O–H groups in total. The molecule has 0 amide bonds. The van der Waals surface area contributed by atoms with Crippen LogP contribution in [0, 0.1) is 22.5 Å². The third-order valence-electron chi connectivity index (χ3n) is 1.36. The second-order valence-electron chi connectivity index (χ2n) is 2.36. The van der Waals surface area contributed by atoms with Crippen molar-refractivity contribution in [2.75, 3.05) is 6.61 Å². The first-order valence-electron chi connectivity index (χ1n) is 3.84. The summed E-state index contributed by atoms with van der Waals surface area (Å²) in [6.45, 7) is 1.86. The predicted octanol–water partition coefficient (Wildman–Crippen LogP) is 0.608. The smallest absolute Gasteiger partial charge is 0.312 e. The van der Waals surface area contributed by atoms with Crippen molar-refractivity contribution in [1.82, 2.24) is 0 Å². The summed E-state index contributed by atoms with van der Waals surface area (Å²) in [7, 11) is 0. The van der Waals surface area contributed by atoms with Gasteiger partial charge in [-0.3, -0.25) is 14.9 Å². The van der Waals surface area contributed by atoms with Crippen LogP contribution in [-0.4, -0.2) is 23.5 Å². The van der Waals surface area contributed by atoms with E-state index in [1.807, 2.05) is 0 Å². The van der Waals surface area contributed by atoms with Gasteiger partial charge in [0.15, 0.2) is 0 Å². The Morgan fingerprint density at radius 2 is 2.38 bits per heavy atom. The van der Waals surface area contributed by atoms with Crippen LogP contribution in [0.5, 0.6) is 0 Å². The van der Waals surface area contributed by atoms with Gasteiger partial charge in [-0.1, -0.05) is 5.92 Å². The van der Waals surface area contributed by atoms with Crippen LogP contribution >= 0.6 is 0 Å². The lowest BCUT2D eigenvalue weighted by Gasteiger charge is -2.05. The zero-order valence-electron chi connectivity index (χ0n) is 7.36. The first kappa shape index (κ1) is 11.4. The van der Waals surface area contributed by atoms with Crippen molar-refractivity contribution in [2.45, 2.75) is 25.8 Å². The minimum atomic E-state index is -1.02. The van der Waals surface area contributed by atoms with Crippen LogP contribution < -0.4 is 0 Å². The molecule has 0 aromatic heterocycles. The predicted molar refractivity (Wildman–Crippen MR) is 45.5 cm³/mol. The quantitative estimate of drug-likeness (QED) is 0.272. The molecular weight excluding hydrogens is 174 g/mol. The average Bonchev–Trinajstić information content (AvgIpc) is 2.04. The van der Waals surface area contributed by atoms with Gasteiger partial charge in [-0.15, -0.1) is 6.42 Å². The highest BCUT2D eigenvalue weighted by atomic mass is 16.6. The van der Waals surface area contributed by atoms with Gasteiger partial charge in [0.1, 0.15) is 6.42 Å². The molecular formula is C8H11NO4. The second-order valence-corrected chi connectivity index (χ2v) is 2.36. The van der Waals surface area contributed by atoms with Crippen LogP contribution in [-0.2, 0) is 9.53 Å². The lowest BCUT2D eigenvalue weighted by atomic mass is 10.1. The molecule has 0 fully saturated rings. The molecule has 0 saturated heterocycles. The van der Waals surface area contributed by atoms with Crippen LogP contribution in [0.2, 0.25) is 0 Å². The van der Waals surface area contributed by atoms with E-state index in [2.05, 4.69) is 10.7 Å². The standard InChI is InChI=1S/C8H11NO4/c1-3-5-7(9(11)12)6-8(10)13-4-2/h1,7H,4-6H2,2H3. The van der Waals surface area contributed by atoms with Gasteiger partial charge in [-0.2, -0.15) is 0 Å². The van der Waals surface area contributed by atoms with Crippen molar-refractivity contribution < 1.29 is 14.5 Å². The van der Waals surface area contributed by atoms with Crippen LogP contribution in [0.15, 0.2) is 0 Å². The molecule has 0 heterocycles. The second kappa shape index (κ2) is 6.00. The minimum absolute atomic E-state index is 0.0498. The maximum Gasteiger partial charge on any atom is 0.312 e. The summed E-state index contributed by atoms with van der Waals surface area (Å²) >= 11 is 0. The fourth-order valence-electron chi connectivity index (χ4n) is 0.770. The zero-order chi connectivity index (χ0) is 10.3. The van der Waals surface area contributed by atoms with E-state index < -0.39 is 16.9 Å². The van der Waals surface area contributed by atoms with E-state index in [9.17, 15) is 14.9 Å². The highest BCUT2D eigenvalue weighted by Gasteiger charge is 2.23. The molecule has 0 aliphatic rings. The highest BCUT2D eigenvalue weighted by Crippen LogP contribution is 2.03. The Kier molecular flexibility index (Phi) is 5.28. The number of carbonyl (C=O) groups excluding carboxylic acids is 1. The summed E-state index contributed by atoms with van der Waals surface area (Å²) in [6.07, 6.45) is 4.60. The maximum atomic E-state index is 10.8. The van der Waals surface area contributed by atoms with E-state index >= 15 is 0 Å².